The maximum Gasteiger partial charge on any atom is 0.306 e. The molecule has 0 spiro atoms. The number of anilines is 2. The van der Waals surface area contributed by atoms with E-state index in [1.54, 1.807) is 0 Å². The van der Waals surface area contributed by atoms with Crippen molar-refractivity contribution in [1.82, 2.24) is 0 Å². The summed E-state index contributed by atoms with van der Waals surface area (Å²) in [6.07, 6.45) is -0.0120. The Labute approximate surface area is 154 Å². The van der Waals surface area contributed by atoms with E-state index in [1.165, 1.54) is 11.0 Å². The average molecular weight is 371 g/mol. The van der Waals surface area contributed by atoms with Gasteiger partial charge in [0.15, 0.2) is 0 Å². The second-order valence-corrected chi connectivity index (χ2v) is 6.55. The van der Waals surface area contributed by atoms with E-state index in [9.17, 15) is 24.1 Å². The molecule has 1 fully saturated rings. The predicted octanol–water partition coefficient (Wildman–Crippen LogP) is 3.34. The van der Waals surface area contributed by atoms with Gasteiger partial charge in [-0.2, -0.15) is 4.39 Å². The van der Waals surface area contributed by atoms with Gasteiger partial charge in [0, 0.05) is 24.7 Å². The van der Waals surface area contributed by atoms with Crippen LogP contribution in [0.2, 0.25) is 0 Å². The van der Waals surface area contributed by atoms with Crippen LogP contribution in [0, 0.1) is 35.7 Å². The van der Waals surface area contributed by atoms with Crippen molar-refractivity contribution in [3.8, 4) is 0 Å². The minimum Gasteiger partial charge on any atom is -0.325 e. The summed E-state index contributed by atoms with van der Waals surface area (Å²) in [4.78, 5) is 36.3. The molecule has 8 heteroatoms. The molecule has 0 radical (unpaired) electrons. The molecular formula is C19H18FN3O4. The summed E-state index contributed by atoms with van der Waals surface area (Å²) in [6.45, 7) is 3.84. The summed E-state index contributed by atoms with van der Waals surface area (Å²) in [5, 5.41) is 13.8. The van der Waals surface area contributed by atoms with Crippen LogP contribution in [-0.2, 0) is 9.59 Å². The fourth-order valence-corrected chi connectivity index (χ4v) is 3.18. The number of benzene rings is 2. The Morgan fingerprint density at radius 3 is 2.56 bits per heavy atom. The minimum atomic E-state index is -0.972. The van der Waals surface area contributed by atoms with Crippen LogP contribution in [0.1, 0.15) is 17.5 Å². The van der Waals surface area contributed by atoms with Gasteiger partial charge >= 0.3 is 5.69 Å². The van der Waals surface area contributed by atoms with Gasteiger partial charge in [0.1, 0.15) is 0 Å². The SMILES string of the molecule is Cc1cccc(C)c1NC(=O)C1CC(=O)N(c2ccc(F)c([N+](=O)[O-])c2)C1. The zero-order chi connectivity index (χ0) is 19.7. The third kappa shape index (κ3) is 3.64. The Balaban J connectivity index is 1.78. The Morgan fingerprint density at radius 2 is 1.93 bits per heavy atom. The maximum atomic E-state index is 13.5. The van der Waals surface area contributed by atoms with Crippen molar-refractivity contribution in [3.63, 3.8) is 0 Å². The van der Waals surface area contributed by atoms with Crippen LogP contribution in [-0.4, -0.2) is 23.3 Å². The zero-order valence-corrected chi connectivity index (χ0v) is 14.9. The zero-order valence-electron chi connectivity index (χ0n) is 14.9. The van der Waals surface area contributed by atoms with Crippen molar-refractivity contribution in [3.05, 3.63) is 63.5 Å². The van der Waals surface area contributed by atoms with Gasteiger partial charge in [0.05, 0.1) is 16.5 Å². The number of hydrogen-bond acceptors (Lipinski definition) is 4. The van der Waals surface area contributed by atoms with Gasteiger partial charge in [-0.1, -0.05) is 18.2 Å². The van der Waals surface area contributed by atoms with Gasteiger partial charge in [-0.25, -0.2) is 0 Å². The number of nitrogens with zero attached hydrogens (tertiary/aromatic N) is 2. The van der Waals surface area contributed by atoms with Gasteiger partial charge in [0.25, 0.3) is 0 Å². The minimum absolute atomic E-state index is 0.0120. The molecule has 1 atom stereocenters. The highest BCUT2D eigenvalue weighted by Crippen LogP contribution is 2.30. The van der Waals surface area contributed by atoms with Gasteiger partial charge in [0.2, 0.25) is 17.6 Å². The standard InChI is InChI=1S/C19H18FN3O4/c1-11-4-3-5-12(2)18(11)21-19(25)13-8-17(24)22(10-13)14-6-7-15(20)16(9-14)23(26)27/h3-7,9,13H,8,10H2,1-2H3,(H,21,25). The number of para-hydroxylation sites is 1. The number of carbonyl (C=O) groups excluding carboxylic acids is 2. The molecule has 1 N–H and O–H groups in total. The number of carbonyl (C=O) groups is 2. The van der Waals surface area contributed by atoms with E-state index < -0.39 is 22.3 Å². The maximum absolute atomic E-state index is 13.5. The Bertz CT molecular complexity index is 924. The van der Waals surface area contributed by atoms with Crippen LogP contribution in [0.5, 0.6) is 0 Å². The molecule has 1 heterocycles. The largest absolute Gasteiger partial charge is 0.325 e. The molecule has 1 unspecified atom stereocenters. The molecule has 2 amide bonds. The number of amides is 2. The van der Waals surface area contributed by atoms with Crippen LogP contribution >= 0.6 is 0 Å². The Morgan fingerprint density at radius 1 is 1.26 bits per heavy atom. The predicted molar refractivity (Wildman–Crippen MR) is 98.1 cm³/mol. The fourth-order valence-electron chi connectivity index (χ4n) is 3.18. The number of nitrogens with one attached hydrogen (secondary N) is 1. The molecule has 0 aromatic heterocycles. The van der Waals surface area contributed by atoms with Gasteiger partial charge in [-0.3, -0.25) is 19.7 Å². The first-order valence-electron chi connectivity index (χ1n) is 8.39. The van der Waals surface area contributed by atoms with Crippen LogP contribution in [0.3, 0.4) is 0 Å². The summed E-state index contributed by atoms with van der Waals surface area (Å²) in [6, 6.07) is 8.91. The molecule has 140 valence electrons. The second-order valence-electron chi connectivity index (χ2n) is 6.55. The lowest BCUT2D eigenvalue weighted by Crippen LogP contribution is -2.28. The van der Waals surface area contributed by atoms with E-state index in [2.05, 4.69) is 5.32 Å². The van der Waals surface area contributed by atoms with Gasteiger partial charge < -0.3 is 10.2 Å². The average Bonchev–Trinajstić information content (AvgIpc) is 3.00. The number of halogens is 1. The molecule has 2 aromatic rings. The molecule has 1 aliphatic rings. The highest BCUT2D eigenvalue weighted by Gasteiger charge is 2.36. The number of rotatable bonds is 4. The topological polar surface area (TPSA) is 92.6 Å². The first-order chi connectivity index (χ1) is 12.8. The molecule has 2 aromatic carbocycles. The van der Waals surface area contributed by atoms with Crippen LogP contribution < -0.4 is 10.2 Å². The Hall–Kier alpha value is -3.29. The number of hydrogen-bond donors (Lipinski definition) is 1. The van der Waals surface area contributed by atoms with E-state index in [4.69, 9.17) is 0 Å². The van der Waals surface area contributed by atoms with Gasteiger partial charge in [-0.05, 0) is 37.1 Å². The fraction of sp³-hybridized carbons (Fsp3) is 0.263. The van der Waals surface area contributed by atoms with E-state index in [1.807, 2.05) is 32.0 Å². The van der Waals surface area contributed by atoms with Crippen molar-refractivity contribution >= 4 is 28.9 Å². The first kappa shape index (κ1) is 18.5. The van der Waals surface area contributed by atoms with E-state index in [-0.39, 0.29) is 30.5 Å². The van der Waals surface area contributed by atoms with Crippen molar-refractivity contribution < 1.29 is 18.9 Å². The lowest BCUT2D eigenvalue weighted by molar-refractivity contribution is -0.387. The number of nitro benzene ring substituents is 1. The molecule has 0 aliphatic carbocycles. The van der Waals surface area contributed by atoms with Crippen LogP contribution in [0.25, 0.3) is 0 Å². The summed E-state index contributed by atoms with van der Waals surface area (Å²) < 4.78 is 13.5. The molecule has 0 saturated carbocycles. The van der Waals surface area contributed by atoms with Crippen molar-refractivity contribution in [2.24, 2.45) is 5.92 Å². The van der Waals surface area contributed by atoms with Gasteiger partial charge in [-0.15, -0.1) is 0 Å². The number of nitro groups is 1. The van der Waals surface area contributed by atoms with Crippen molar-refractivity contribution in [2.75, 3.05) is 16.8 Å². The van der Waals surface area contributed by atoms with E-state index in [0.29, 0.717) is 5.69 Å². The Kier molecular flexibility index (Phi) is 4.89. The molecule has 7 nitrogen and oxygen atoms in total. The lowest BCUT2D eigenvalue weighted by atomic mass is 10.1. The quantitative estimate of drug-likeness (QED) is 0.659. The monoisotopic (exact) mass is 371 g/mol. The first-order valence-corrected chi connectivity index (χ1v) is 8.39. The van der Waals surface area contributed by atoms with E-state index in [0.717, 1.165) is 23.3 Å². The van der Waals surface area contributed by atoms with Crippen LogP contribution in [0.4, 0.5) is 21.5 Å². The summed E-state index contributed by atoms with van der Waals surface area (Å²) >= 11 is 0. The van der Waals surface area contributed by atoms with Crippen molar-refractivity contribution in [1.29, 1.82) is 0 Å². The van der Waals surface area contributed by atoms with E-state index >= 15 is 0 Å². The summed E-state index contributed by atoms with van der Waals surface area (Å²) in [5.41, 5.74) is 2.04. The number of aryl methyl sites for hydroxylation is 2. The smallest absolute Gasteiger partial charge is 0.306 e. The van der Waals surface area contributed by atoms with Crippen LogP contribution in [0.15, 0.2) is 36.4 Å². The molecule has 1 saturated heterocycles. The van der Waals surface area contributed by atoms with Crippen molar-refractivity contribution in [2.45, 2.75) is 20.3 Å². The molecule has 3 rings (SSSR count). The summed E-state index contributed by atoms with van der Waals surface area (Å²) in [7, 11) is 0. The molecule has 1 aliphatic heterocycles. The third-order valence-electron chi connectivity index (χ3n) is 4.66. The summed E-state index contributed by atoms with van der Waals surface area (Å²) in [5.74, 6) is -2.20. The molecule has 0 bridgehead atoms. The third-order valence-corrected chi connectivity index (χ3v) is 4.66. The molecule has 27 heavy (non-hydrogen) atoms. The highest BCUT2D eigenvalue weighted by atomic mass is 19.1. The highest BCUT2D eigenvalue weighted by molar-refractivity contribution is 6.04. The normalized spacial score (nSPS) is 16.5. The second kappa shape index (κ2) is 7.14. The molecular weight excluding hydrogens is 353 g/mol. The lowest BCUT2D eigenvalue weighted by Gasteiger charge is -2.17.